The van der Waals surface area contributed by atoms with E-state index in [4.69, 9.17) is 15.0 Å². The highest BCUT2D eigenvalue weighted by molar-refractivity contribution is 7.13. The third-order valence-corrected chi connectivity index (χ3v) is 2.16. The van der Waals surface area contributed by atoms with Crippen molar-refractivity contribution in [1.82, 2.24) is 15.1 Å². The Hall–Kier alpha value is -1.47. The normalized spacial score (nSPS) is 10.6. The van der Waals surface area contributed by atoms with Gasteiger partial charge >= 0.3 is 0 Å². The van der Waals surface area contributed by atoms with Crippen LogP contribution >= 0.6 is 11.3 Å². The molecule has 2 N–H and O–H groups in total. The lowest BCUT2D eigenvalue weighted by molar-refractivity contribution is 0.174. The van der Waals surface area contributed by atoms with Gasteiger partial charge in [0.05, 0.1) is 0 Å². The van der Waals surface area contributed by atoms with E-state index < -0.39 is 0 Å². The van der Waals surface area contributed by atoms with E-state index in [-0.39, 0.29) is 0 Å². The maximum atomic E-state index is 5.47. The van der Waals surface area contributed by atoms with Gasteiger partial charge in [0.15, 0.2) is 11.0 Å². The molecular formula is C7H8N4O2S. The predicted octanol–water partition coefficient (Wildman–Crippen LogP) is 0.922. The minimum Gasteiger partial charge on any atom is -0.377 e. The topological polar surface area (TPSA) is 87.1 Å². The molecule has 0 aromatic carbocycles. The van der Waals surface area contributed by atoms with E-state index in [1.54, 1.807) is 12.5 Å². The first-order valence-electron chi connectivity index (χ1n) is 3.82. The van der Waals surface area contributed by atoms with Gasteiger partial charge in [-0.15, -0.1) is 11.3 Å². The van der Waals surface area contributed by atoms with Gasteiger partial charge in [0.1, 0.15) is 12.3 Å². The average Bonchev–Trinajstić information content (AvgIpc) is 2.74. The second kappa shape index (κ2) is 3.72. The van der Waals surface area contributed by atoms with Gasteiger partial charge in [-0.1, -0.05) is 5.16 Å². The van der Waals surface area contributed by atoms with Crippen LogP contribution in [0.1, 0.15) is 5.82 Å². The number of thiazole rings is 1. The molecule has 0 spiro atoms. The Bertz CT molecular complexity index is 425. The number of nitrogens with two attached hydrogens (primary N) is 1. The zero-order valence-corrected chi connectivity index (χ0v) is 8.24. The number of ether oxygens (including phenoxy) is 1. The van der Waals surface area contributed by atoms with Crippen molar-refractivity contribution >= 4 is 16.5 Å². The van der Waals surface area contributed by atoms with E-state index in [0.29, 0.717) is 29.1 Å². The fourth-order valence-corrected chi connectivity index (χ4v) is 1.47. The second-order valence-corrected chi connectivity index (χ2v) is 3.41. The molecule has 0 atom stereocenters. The van der Waals surface area contributed by atoms with Crippen LogP contribution in [0, 0.1) is 0 Å². The number of nitrogens with zero attached hydrogens (tertiary/aromatic N) is 3. The Morgan fingerprint density at radius 3 is 3.07 bits per heavy atom. The molecule has 0 aliphatic rings. The maximum absolute atomic E-state index is 5.47. The van der Waals surface area contributed by atoms with Crippen LogP contribution in [-0.4, -0.2) is 22.2 Å². The highest BCUT2D eigenvalue weighted by Crippen LogP contribution is 2.21. The van der Waals surface area contributed by atoms with Gasteiger partial charge in [-0.2, -0.15) is 4.98 Å². The highest BCUT2D eigenvalue weighted by atomic mass is 32.1. The molecule has 2 rings (SSSR count). The maximum Gasteiger partial charge on any atom is 0.277 e. The summed E-state index contributed by atoms with van der Waals surface area (Å²) in [5.41, 5.74) is 6.07. The van der Waals surface area contributed by atoms with Crippen molar-refractivity contribution in [3.63, 3.8) is 0 Å². The van der Waals surface area contributed by atoms with E-state index >= 15 is 0 Å². The molecule has 0 unspecified atom stereocenters. The summed E-state index contributed by atoms with van der Waals surface area (Å²) < 4.78 is 9.82. The third-order valence-electron chi connectivity index (χ3n) is 1.48. The molecule has 74 valence electrons. The van der Waals surface area contributed by atoms with Crippen molar-refractivity contribution < 1.29 is 9.26 Å². The van der Waals surface area contributed by atoms with Crippen molar-refractivity contribution in [2.24, 2.45) is 0 Å². The summed E-state index contributed by atoms with van der Waals surface area (Å²) in [5, 5.41) is 5.95. The van der Waals surface area contributed by atoms with E-state index in [1.807, 2.05) is 0 Å². The van der Waals surface area contributed by atoms with Crippen LogP contribution in [0.4, 0.5) is 5.13 Å². The van der Waals surface area contributed by atoms with Crippen molar-refractivity contribution in [3.8, 4) is 11.6 Å². The predicted molar refractivity (Wildman–Crippen MR) is 50.5 cm³/mol. The summed E-state index contributed by atoms with van der Waals surface area (Å²) in [4.78, 5) is 8.08. The summed E-state index contributed by atoms with van der Waals surface area (Å²) in [6, 6.07) is 0. The fraction of sp³-hybridized carbons (Fsp3) is 0.286. The van der Waals surface area contributed by atoms with Crippen LogP contribution in [0.15, 0.2) is 9.90 Å². The molecule has 6 nitrogen and oxygen atoms in total. The first-order chi connectivity index (χ1) is 6.79. The third kappa shape index (κ3) is 1.73. The first-order valence-corrected chi connectivity index (χ1v) is 4.70. The summed E-state index contributed by atoms with van der Waals surface area (Å²) >= 11 is 1.33. The summed E-state index contributed by atoms with van der Waals surface area (Å²) in [6.07, 6.45) is 0. The minimum absolute atomic E-state index is 0.323. The number of aromatic nitrogens is 3. The van der Waals surface area contributed by atoms with E-state index in [9.17, 15) is 0 Å². The SMILES string of the molecule is COCc1noc(-c2csc(N)n2)n1. The van der Waals surface area contributed by atoms with Gasteiger partial charge in [-0.05, 0) is 0 Å². The molecule has 0 bridgehead atoms. The van der Waals surface area contributed by atoms with Crippen LogP contribution < -0.4 is 5.73 Å². The molecule has 0 amide bonds. The fourth-order valence-electron chi connectivity index (χ4n) is 0.932. The van der Waals surface area contributed by atoms with E-state index in [2.05, 4.69) is 15.1 Å². The van der Waals surface area contributed by atoms with Gasteiger partial charge in [0.25, 0.3) is 5.89 Å². The number of hydrogen-bond acceptors (Lipinski definition) is 7. The second-order valence-electron chi connectivity index (χ2n) is 2.52. The van der Waals surface area contributed by atoms with Gasteiger partial charge in [-0.25, -0.2) is 4.98 Å². The van der Waals surface area contributed by atoms with Crippen molar-refractivity contribution in [2.45, 2.75) is 6.61 Å². The Labute approximate surface area is 83.7 Å². The number of nitrogen functional groups attached to an aromatic ring is 1. The standard InChI is InChI=1S/C7H8N4O2S/c1-12-2-5-10-6(13-11-5)4-3-14-7(8)9-4/h3H,2H2,1H3,(H2,8,9). The Balaban J connectivity index is 2.24. The minimum atomic E-state index is 0.323. The van der Waals surface area contributed by atoms with Crippen LogP contribution in [0.25, 0.3) is 11.6 Å². The van der Waals surface area contributed by atoms with Crippen molar-refractivity contribution in [3.05, 3.63) is 11.2 Å². The number of methoxy groups -OCH3 is 1. The summed E-state index contributed by atoms with van der Waals surface area (Å²) in [7, 11) is 1.57. The molecule has 0 radical (unpaired) electrons. The van der Waals surface area contributed by atoms with Gasteiger partial charge in [0, 0.05) is 12.5 Å². The largest absolute Gasteiger partial charge is 0.377 e. The van der Waals surface area contributed by atoms with Crippen molar-refractivity contribution in [1.29, 1.82) is 0 Å². The Kier molecular flexibility index (Phi) is 2.42. The zero-order valence-electron chi connectivity index (χ0n) is 7.43. The van der Waals surface area contributed by atoms with Gasteiger partial charge in [-0.3, -0.25) is 0 Å². The van der Waals surface area contributed by atoms with Crippen LogP contribution in [0.3, 0.4) is 0 Å². The lowest BCUT2D eigenvalue weighted by atomic mass is 10.5. The lowest BCUT2D eigenvalue weighted by Crippen LogP contribution is -1.89. The van der Waals surface area contributed by atoms with E-state index in [0.717, 1.165) is 0 Å². The smallest absolute Gasteiger partial charge is 0.277 e. The molecule has 0 aliphatic heterocycles. The molecule has 2 aromatic heterocycles. The zero-order chi connectivity index (χ0) is 9.97. The molecule has 2 heterocycles. The van der Waals surface area contributed by atoms with Crippen LogP contribution in [0.5, 0.6) is 0 Å². The van der Waals surface area contributed by atoms with Gasteiger partial charge < -0.3 is 15.0 Å². The molecule has 0 saturated carbocycles. The molecule has 0 aliphatic carbocycles. The van der Waals surface area contributed by atoms with Crippen molar-refractivity contribution in [2.75, 3.05) is 12.8 Å². The molecule has 0 saturated heterocycles. The molecule has 7 heteroatoms. The average molecular weight is 212 g/mol. The number of hydrogen-bond donors (Lipinski definition) is 1. The van der Waals surface area contributed by atoms with Gasteiger partial charge in [0.2, 0.25) is 0 Å². The molecule has 14 heavy (non-hydrogen) atoms. The number of anilines is 1. The van der Waals surface area contributed by atoms with E-state index in [1.165, 1.54) is 11.3 Å². The monoisotopic (exact) mass is 212 g/mol. The Morgan fingerprint density at radius 2 is 2.43 bits per heavy atom. The number of rotatable bonds is 3. The summed E-state index contributed by atoms with van der Waals surface area (Å²) in [5.74, 6) is 0.860. The summed E-state index contributed by atoms with van der Waals surface area (Å²) in [6.45, 7) is 0.323. The quantitative estimate of drug-likeness (QED) is 0.814. The first kappa shape index (κ1) is 9.10. The Morgan fingerprint density at radius 1 is 1.57 bits per heavy atom. The van der Waals surface area contributed by atoms with Crippen LogP contribution in [0.2, 0.25) is 0 Å². The molecular weight excluding hydrogens is 204 g/mol. The molecule has 2 aromatic rings. The van der Waals surface area contributed by atoms with Crippen LogP contribution in [-0.2, 0) is 11.3 Å². The molecule has 0 fully saturated rings. The lowest BCUT2D eigenvalue weighted by Gasteiger charge is -1.86. The highest BCUT2D eigenvalue weighted by Gasteiger charge is 2.11.